The molecule has 0 aliphatic rings. The highest BCUT2D eigenvalue weighted by Gasteiger charge is 2.01. The fraction of sp³-hybridized carbons (Fsp3) is 1.00. The van der Waals surface area contributed by atoms with Gasteiger partial charge in [0.25, 0.3) is 0 Å². The van der Waals surface area contributed by atoms with Crippen molar-refractivity contribution in [3.05, 3.63) is 0 Å². The molecule has 0 rings (SSSR count). The lowest BCUT2D eigenvalue weighted by molar-refractivity contribution is 0.177. The molecule has 0 saturated carbocycles. The fourth-order valence-electron chi connectivity index (χ4n) is 1.56. The zero-order valence-corrected chi connectivity index (χ0v) is 10.4. The number of nitrogens with zero attached hydrogens (tertiary/aromatic N) is 1. The van der Waals surface area contributed by atoms with Gasteiger partial charge in [-0.05, 0) is 39.4 Å². The third-order valence-electron chi connectivity index (χ3n) is 2.62. The Morgan fingerprint density at radius 2 is 1.79 bits per heavy atom. The standard InChI is InChI=1S/C12H27NO/c1-12(9-11-14-4)8-6-5-7-10-13(2)3/h12H,5-11H2,1-4H3. The Labute approximate surface area is 89.6 Å². The molecule has 0 aliphatic heterocycles. The summed E-state index contributed by atoms with van der Waals surface area (Å²) in [4.78, 5) is 2.26. The molecular formula is C12H27NO. The maximum atomic E-state index is 5.06. The molecule has 14 heavy (non-hydrogen) atoms. The molecule has 0 aliphatic carbocycles. The number of ether oxygens (including phenoxy) is 1. The van der Waals surface area contributed by atoms with Crippen LogP contribution in [0.3, 0.4) is 0 Å². The van der Waals surface area contributed by atoms with Crippen LogP contribution in [-0.4, -0.2) is 39.3 Å². The van der Waals surface area contributed by atoms with Gasteiger partial charge in [0.15, 0.2) is 0 Å². The van der Waals surface area contributed by atoms with Crippen molar-refractivity contribution in [2.24, 2.45) is 5.92 Å². The van der Waals surface area contributed by atoms with Gasteiger partial charge in [-0.25, -0.2) is 0 Å². The van der Waals surface area contributed by atoms with E-state index in [1.807, 2.05) is 0 Å². The van der Waals surface area contributed by atoms with Crippen LogP contribution in [0, 0.1) is 5.92 Å². The lowest BCUT2D eigenvalue weighted by atomic mass is 10.0. The zero-order valence-electron chi connectivity index (χ0n) is 10.4. The Kier molecular flexibility index (Phi) is 9.42. The van der Waals surface area contributed by atoms with Crippen molar-refractivity contribution >= 4 is 0 Å². The summed E-state index contributed by atoms with van der Waals surface area (Å²) in [5.74, 6) is 0.828. The Balaban J connectivity index is 3.10. The van der Waals surface area contributed by atoms with Crippen LogP contribution in [-0.2, 0) is 4.74 Å². The van der Waals surface area contributed by atoms with E-state index >= 15 is 0 Å². The van der Waals surface area contributed by atoms with Crippen molar-refractivity contribution in [1.29, 1.82) is 0 Å². The largest absolute Gasteiger partial charge is 0.385 e. The predicted molar refractivity (Wildman–Crippen MR) is 62.7 cm³/mol. The first-order chi connectivity index (χ1) is 6.66. The molecule has 0 aromatic carbocycles. The van der Waals surface area contributed by atoms with Crippen molar-refractivity contribution in [3.8, 4) is 0 Å². The summed E-state index contributed by atoms with van der Waals surface area (Å²) in [7, 11) is 6.06. The van der Waals surface area contributed by atoms with Gasteiger partial charge in [-0.15, -0.1) is 0 Å². The van der Waals surface area contributed by atoms with Crippen LogP contribution in [0.2, 0.25) is 0 Å². The molecule has 0 aromatic heterocycles. The second-order valence-electron chi connectivity index (χ2n) is 4.54. The summed E-state index contributed by atoms with van der Waals surface area (Å²) in [6, 6.07) is 0. The monoisotopic (exact) mass is 201 g/mol. The van der Waals surface area contributed by atoms with Gasteiger partial charge in [-0.3, -0.25) is 0 Å². The van der Waals surface area contributed by atoms with Crippen LogP contribution >= 0.6 is 0 Å². The molecule has 0 bridgehead atoms. The highest BCUT2D eigenvalue weighted by atomic mass is 16.5. The molecule has 0 amide bonds. The Morgan fingerprint density at radius 3 is 2.36 bits per heavy atom. The van der Waals surface area contributed by atoms with Gasteiger partial charge in [0.2, 0.25) is 0 Å². The zero-order chi connectivity index (χ0) is 10.8. The quantitative estimate of drug-likeness (QED) is 0.532. The van der Waals surface area contributed by atoms with E-state index < -0.39 is 0 Å². The average Bonchev–Trinajstić information content (AvgIpc) is 2.13. The molecule has 2 nitrogen and oxygen atoms in total. The second-order valence-corrected chi connectivity index (χ2v) is 4.54. The minimum absolute atomic E-state index is 0.828. The highest BCUT2D eigenvalue weighted by molar-refractivity contribution is 4.54. The molecule has 2 heteroatoms. The average molecular weight is 201 g/mol. The van der Waals surface area contributed by atoms with Gasteiger partial charge in [0, 0.05) is 13.7 Å². The van der Waals surface area contributed by atoms with Crippen molar-refractivity contribution in [2.45, 2.75) is 39.0 Å². The lowest BCUT2D eigenvalue weighted by Gasteiger charge is -2.11. The molecule has 1 unspecified atom stereocenters. The van der Waals surface area contributed by atoms with E-state index in [2.05, 4.69) is 25.9 Å². The van der Waals surface area contributed by atoms with Crippen molar-refractivity contribution in [1.82, 2.24) is 4.90 Å². The summed E-state index contributed by atoms with van der Waals surface area (Å²) >= 11 is 0. The lowest BCUT2D eigenvalue weighted by Crippen LogP contribution is -2.12. The third-order valence-corrected chi connectivity index (χ3v) is 2.62. The van der Waals surface area contributed by atoms with E-state index in [0.29, 0.717) is 0 Å². The van der Waals surface area contributed by atoms with E-state index in [1.54, 1.807) is 7.11 Å². The molecule has 0 saturated heterocycles. The van der Waals surface area contributed by atoms with Crippen LogP contribution < -0.4 is 0 Å². The number of rotatable bonds is 9. The molecule has 86 valence electrons. The van der Waals surface area contributed by atoms with Crippen LogP contribution in [0.15, 0.2) is 0 Å². The van der Waals surface area contributed by atoms with Crippen molar-refractivity contribution in [2.75, 3.05) is 34.4 Å². The topological polar surface area (TPSA) is 12.5 Å². The van der Waals surface area contributed by atoms with E-state index in [9.17, 15) is 0 Å². The van der Waals surface area contributed by atoms with Gasteiger partial charge in [0.1, 0.15) is 0 Å². The summed E-state index contributed by atoms with van der Waals surface area (Å²) in [6.07, 6.45) is 6.65. The predicted octanol–water partition coefficient (Wildman–Crippen LogP) is 2.78. The summed E-state index contributed by atoms with van der Waals surface area (Å²) in [5.41, 5.74) is 0. The van der Waals surface area contributed by atoms with Crippen molar-refractivity contribution in [3.63, 3.8) is 0 Å². The second kappa shape index (κ2) is 9.47. The first-order valence-corrected chi connectivity index (χ1v) is 5.80. The van der Waals surface area contributed by atoms with E-state index in [4.69, 9.17) is 4.74 Å². The first-order valence-electron chi connectivity index (χ1n) is 5.80. The Morgan fingerprint density at radius 1 is 1.07 bits per heavy atom. The van der Waals surface area contributed by atoms with Crippen LogP contribution in [0.5, 0.6) is 0 Å². The smallest absolute Gasteiger partial charge is 0.0464 e. The first kappa shape index (κ1) is 13.9. The normalized spacial score (nSPS) is 13.5. The van der Waals surface area contributed by atoms with E-state index in [0.717, 1.165) is 12.5 Å². The fourth-order valence-corrected chi connectivity index (χ4v) is 1.56. The maximum Gasteiger partial charge on any atom is 0.0464 e. The van der Waals surface area contributed by atoms with Gasteiger partial charge >= 0.3 is 0 Å². The maximum absolute atomic E-state index is 5.06. The molecule has 0 aromatic rings. The molecule has 1 atom stereocenters. The molecule has 0 fully saturated rings. The minimum Gasteiger partial charge on any atom is -0.385 e. The van der Waals surface area contributed by atoms with Gasteiger partial charge in [-0.2, -0.15) is 0 Å². The molecule has 0 heterocycles. The van der Waals surface area contributed by atoms with Gasteiger partial charge < -0.3 is 9.64 Å². The number of methoxy groups -OCH3 is 1. The summed E-state index contributed by atoms with van der Waals surface area (Å²) < 4.78 is 5.06. The number of unbranched alkanes of at least 4 members (excludes halogenated alkanes) is 2. The van der Waals surface area contributed by atoms with E-state index in [-0.39, 0.29) is 0 Å². The molecule has 0 radical (unpaired) electrons. The SMILES string of the molecule is COCCC(C)CCCCCN(C)C. The number of hydrogen-bond acceptors (Lipinski definition) is 2. The Bertz CT molecular complexity index is 115. The van der Waals surface area contributed by atoms with E-state index in [1.165, 1.54) is 38.6 Å². The molecular weight excluding hydrogens is 174 g/mol. The Hall–Kier alpha value is -0.0800. The highest BCUT2D eigenvalue weighted by Crippen LogP contribution is 2.12. The summed E-state index contributed by atoms with van der Waals surface area (Å²) in [5, 5.41) is 0. The molecule has 0 N–H and O–H groups in total. The third kappa shape index (κ3) is 10.0. The van der Waals surface area contributed by atoms with Gasteiger partial charge in [-0.1, -0.05) is 26.2 Å². The number of hydrogen-bond donors (Lipinski definition) is 0. The minimum atomic E-state index is 0.828. The van der Waals surface area contributed by atoms with Crippen LogP contribution in [0.1, 0.15) is 39.0 Å². The van der Waals surface area contributed by atoms with Gasteiger partial charge in [0.05, 0.1) is 0 Å². The van der Waals surface area contributed by atoms with Crippen molar-refractivity contribution < 1.29 is 4.74 Å². The summed E-state index contributed by atoms with van der Waals surface area (Å²) in [6.45, 7) is 4.47. The van der Waals surface area contributed by atoms with Crippen LogP contribution in [0.4, 0.5) is 0 Å². The van der Waals surface area contributed by atoms with Crippen LogP contribution in [0.25, 0.3) is 0 Å². The molecule has 0 spiro atoms.